The maximum atomic E-state index is 12.1. The molecule has 0 unspecified atom stereocenters. The Bertz CT molecular complexity index is 324. The van der Waals surface area contributed by atoms with E-state index in [4.69, 9.17) is 10.8 Å². The molecular weight excluding hydrogens is 192 g/mol. The lowest BCUT2D eigenvalue weighted by molar-refractivity contribution is -0.138. The Morgan fingerprint density at radius 3 is 2.00 bits per heavy atom. The summed E-state index contributed by atoms with van der Waals surface area (Å²) in [6.07, 6.45) is -2.55. The maximum absolute atomic E-state index is 12.1. The van der Waals surface area contributed by atoms with E-state index in [1.165, 1.54) is 24.3 Å². The van der Waals surface area contributed by atoms with E-state index in [0.29, 0.717) is 5.56 Å². The van der Waals surface area contributed by atoms with Crippen molar-refractivity contribution < 1.29 is 18.7 Å². The molecule has 1 aromatic carbocycles. The highest BCUT2D eigenvalue weighted by Crippen LogP contribution is 2.20. The predicted molar refractivity (Wildman–Crippen MR) is 46.0 cm³/mol. The summed E-state index contributed by atoms with van der Waals surface area (Å²) in [6, 6.07) is 3.76. The van der Waals surface area contributed by atoms with Crippen LogP contribution in [0.1, 0.15) is 23.6 Å². The number of hydrogen-bond donors (Lipinski definition) is 2. The molecule has 0 spiro atoms. The van der Waals surface area contributed by atoms with E-state index in [1.54, 1.807) is 0 Å². The SMILES string of the molecule is N[C@@H](C(=O)O)c1ccc(C(F)F)cc1. The van der Waals surface area contributed by atoms with Crippen molar-refractivity contribution in [3.8, 4) is 0 Å². The number of nitrogens with two attached hydrogens (primary N) is 1. The molecule has 0 saturated heterocycles. The number of aliphatic carboxylic acids is 1. The van der Waals surface area contributed by atoms with Crippen LogP contribution < -0.4 is 5.73 Å². The van der Waals surface area contributed by atoms with Crippen LogP contribution in [-0.4, -0.2) is 11.1 Å². The maximum Gasteiger partial charge on any atom is 0.325 e. The van der Waals surface area contributed by atoms with Crippen molar-refractivity contribution in [3.63, 3.8) is 0 Å². The molecule has 1 rings (SSSR count). The lowest BCUT2D eigenvalue weighted by Crippen LogP contribution is -2.20. The van der Waals surface area contributed by atoms with Crippen LogP contribution in [0.15, 0.2) is 24.3 Å². The highest BCUT2D eigenvalue weighted by atomic mass is 19.3. The van der Waals surface area contributed by atoms with Gasteiger partial charge in [0.05, 0.1) is 0 Å². The van der Waals surface area contributed by atoms with Crippen LogP contribution in [0.5, 0.6) is 0 Å². The van der Waals surface area contributed by atoms with Gasteiger partial charge in [0, 0.05) is 5.56 Å². The third kappa shape index (κ3) is 2.26. The van der Waals surface area contributed by atoms with E-state index < -0.39 is 18.4 Å². The van der Waals surface area contributed by atoms with E-state index >= 15 is 0 Å². The number of carboxylic acid groups (broad SMARTS) is 1. The van der Waals surface area contributed by atoms with Gasteiger partial charge in [-0.2, -0.15) is 0 Å². The number of alkyl halides is 2. The highest BCUT2D eigenvalue weighted by molar-refractivity contribution is 5.75. The van der Waals surface area contributed by atoms with Gasteiger partial charge in [-0.25, -0.2) is 8.78 Å². The van der Waals surface area contributed by atoms with Crippen molar-refractivity contribution in [2.45, 2.75) is 12.5 Å². The van der Waals surface area contributed by atoms with Crippen molar-refractivity contribution in [1.29, 1.82) is 0 Å². The molecule has 1 aromatic rings. The molecule has 0 aliphatic heterocycles. The molecule has 1 atom stereocenters. The van der Waals surface area contributed by atoms with Crippen molar-refractivity contribution in [1.82, 2.24) is 0 Å². The monoisotopic (exact) mass is 201 g/mol. The summed E-state index contributed by atoms with van der Waals surface area (Å²) in [7, 11) is 0. The van der Waals surface area contributed by atoms with E-state index in [-0.39, 0.29) is 5.56 Å². The number of carboxylic acids is 1. The smallest absolute Gasteiger partial charge is 0.325 e. The summed E-state index contributed by atoms with van der Waals surface area (Å²) in [6.45, 7) is 0. The second kappa shape index (κ2) is 4.15. The minimum atomic E-state index is -2.55. The molecular formula is C9H9F2NO2. The topological polar surface area (TPSA) is 63.3 Å². The molecule has 76 valence electrons. The molecule has 0 saturated carbocycles. The van der Waals surface area contributed by atoms with Gasteiger partial charge in [0.25, 0.3) is 6.43 Å². The van der Waals surface area contributed by atoms with Crippen LogP contribution in [0.3, 0.4) is 0 Å². The fourth-order valence-corrected chi connectivity index (χ4v) is 0.991. The number of carbonyl (C=O) groups is 1. The second-order valence-corrected chi connectivity index (χ2v) is 2.78. The molecule has 0 aromatic heterocycles. The standard InChI is InChI=1S/C9H9F2NO2/c10-8(11)6-3-1-5(2-4-6)7(12)9(13)14/h1-4,7-8H,12H2,(H,13,14)/t7-/m1/s1. The summed E-state index contributed by atoms with van der Waals surface area (Å²) < 4.78 is 24.2. The van der Waals surface area contributed by atoms with Crippen LogP contribution in [0.2, 0.25) is 0 Å². The van der Waals surface area contributed by atoms with Crippen LogP contribution in [0, 0.1) is 0 Å². The third-order valence-corrected chi connectivity index (χ3v) is 1.81. The van der Waals surface area contributed by atoms with Gasteiger partial charge < -0.3 is 10.8 Å². The molecule has 0 radical (unpaired) electrons. The van der Waals surface area contributed by atoms with Crippen LogP contribution >= 0.6 is 0 Å². The summed E-state index contributed by atoms with van der Waals surface area (Å²) in [5.41, 5.74) is 5.44. The Morgan fingerprint density at radius 1 is 1.21 bits per heavy atom. The van der Waals surface area contributed by atoms with Crippen LogP contribution in [0.25, 0.3) is 0 Å². The molecule has 0 aliphatic rings. The molecule has 14 heavy (non-hydrogen) atoms. The van der Waals surface area contributed by atoms with Gasteiger partial charge in [0.15, 0.2) is 0 Å². The lowest BCUT2D eigenvalue weighted by Gasteiger charge is -2.07. The molecule has 0 heterocycles. The molecule has 0 bridgehead atoms. The first-order valence-corrected chi connectivity index (χ1v) is 3.88. The van der Waals surface area contributed by atoms with Gasteiger partial charge in [0.1, 0.15) is 6.04 Å². The van der Waals surface area contributed by atoms with Gasteiger partial charge in [-0.05, 0) is 5.56 Å². The fourth-order valence-electron chi connectivity index (χ4n) is 0.991. The number of hydrogen-bond acceptors (Lipinski definition) is 2. The number of halogens is 2. The zero-order valence-electron chi connectivity index (χ0n) is 7.15. The Morgan fingerprint density at radius 2 is 1.64 bits per heavy atom. The first kappa shape index (κ1) is 10.6. The molecule has 3 N–H and O–H groups in total. The normalized spacial score (nSPS) is 12.9. The average molecular weight is 201 g/mol. The quantitative estimate of drug-likeness (QED) is 0.782. The largest absolute Gasteiger partial charge is 0.480 e. The number of rotatable bonds is 3. The predicted octanol–water partition coefficient (Wildman–Crippen LogP) is 1.71. The first-order valence-electron chi connectivity index (χ1n) is 3.88. The minimum Gasteiger partial charge on any atom is -0.480 e. The summed E-state index contributed by atoms with van der Waals surface area (Å²) in [5, 5.41) is 8.54. The minimum absolute atomic E-state index is 0.147. The van der Waals surface area contributed by atoms with Gasteiger partial charge in [0.2, 0.25) is 0 Å². The molecule has 0 aliphatic carbocycles. The number of benzene rings is 1. The Kier molecular flexibility index (Phi) is 3.14. The van der Waals surface area contributed by atoms with Crippen LogP contribution in [0.4, 0.5) is 8.78 Å². The summed E-state index contributed by atoms with van der Waals surface area (Å²) >= 11 is 0. The fraction of sp³-hybridized carbons (Fsp3) is 0.222. The Hall–Kier alpha value is -1.49. The van der Waals surface area contributed by atoms with Gasteiger partial charge in [-0.15, -0.1) is 0 Å². The van der Waals surface area contributed by atoms with Gasteiger partial charge in [-0.1, -0.05) is 24.3 Å². The zero-order chi connectivity index (χ0) is 10.7. The lowest BCUT2D eigenvalue weighted by atomic mass is 10.1. The van der Waals surface area contributed by atoms with Crippen LogP contribution in [-0.2, 0) is 4.79 Å². The van der Waals surface area contributed by atoms with Gasteiger partial charge >= 0.3 is 5.97 Å². The molecule has 3 nitrogen and oxygen atoms in total. The zero-order valence-corrected chi connectivity index (χ0v) is 7.15. The third-order valence-electron chi connectivity index (χ3n) is 1.81. The van der Waals surface area contributed by atoms with Crippen molar-refractivity contribution >= 4 is 5.97 Å². The first-order chi connectivity index (χ1) is 6.52. The Labute approximate surface area is 79.2 Å². The van der Waals surface area contributed by atoms with Crippen molar-refractivity contribution in [2.75, 3.05) is 0 Å². The highest BCUT2D eigenvalue weighted by Gasteiger charge is 2.14. The molecule has 5 heteroatoms. The molecule has 0 fully saturated rings. The second-order valence-electron chi connectivity index (χ2n) is 2.78. The van der Waals surface area contributed by atoms with Crippen molar-refractivity contribution in [3.05, 3.63) is 35.4 Å². The summed E-state index contributed by atoms with van der Waals surface area (Å²) in [4.78, 5) is 10.4. The van der Waals surface area contributed by atoms with E-state index in [0.717, 1.165) is 0 Å². The van der Waals surface area contributed by atoms with E-state index in [1.807, 2.05) is 0 Å². The average Bonchev–Trinajstić information content (AvgIpc) is 2.16. The summed E-state index contributed by atoms with van der Waals surface area (Å²) in [5.74, 6) is -1.19. The van der Waals surface area contributed by atoms with E-state index in [9.17, 15) is 13.6 Å². The molecule has 0 amide bonds. The van der Waals surface area contributed by atoms with Crippen molar-refractivity contribution in [2.24, 2.45) is 5.73 Å². The Balaban J connectivity index is 2.88. The van der Waals surface area contributed by atoms with E-state index in [2.05, 4.69) is 0 Å². The van der Waals surface area contributed by atoms with Gasteiger partial charge in [-0.3, -0.25) is 4.79 Å².